The Balaban J connectivity index is 0. The minimum Gasteiger partial charge on any atom is -0.481 e. The molecule has 0 bridgehead atoms. The molecule has 0 aromatic heterocycles. The highest BCUT2D eigenvalue weighted by Gasteiger charge is 1.97. The third-order valence-electron chi connectivity index (χ3n) is 2.99. The lowest BCUT2D eigenvalue weighted by molar-refractivity contribution is -0.134. The van der Waals surface area contributed by atoms with E-state index in [-0.39, 0.29) is 0 Å². The van der Waals surface area contributed by atoms with Crippen molar-refractivity contribution in [1.29, 1.82) is 0 Å². The zero-order chi connectivity index (χ0) is 15.6. The number of allylic oxidation sites excluding steroid dienone is 2. The second-order valence-electron chi connectivity index (χ2n) is 5.35. The summed E-state index contributed by atoms with van der Waals surface area (Å²) in [6, 6.07) is 0. The molecule has 3 nitrogen and oxygen atoms in total. The molecule has 1 unspecified atom stereocenters. The van der Waals surface area contributed by atoms with E-state index in [0.717, 1.165) is 19.3 Å². The number of carboxylic acid groups (broad SMARTS) is 1. The van der Waals surface area contributed by atoms with Gasteiger partial charge in [-0.15, -0.1) is 0 Å². The zero-order valence-electron chi connectivity index (χ0n) is 13.6. The van der Waals surface area contributed by atoms with Crippen LogP contribution in [0.5, 0.6) is 0 Å². The van der Waals surface area contributed by atoms with Gasteiger partial charge in [0.05, 0.1) is 0 Å². The summed E-state index contributed by atoms with van der Waals surface area (Å²) in [6.07, 6.45) is 16.0. The number of hydrogen-bond donors (Lipinski definition) is 2. The fourth-order valence-electron chi connectivity index (χ4n) is 1.88. The van der Waals surface area contributed by atoms with Crippen LogP contribution < -0.4 is 0 Å². The van der Waals surface area contributed by atoms with Crippen LogP contribution in [0, 0.1) is 5.92 Å². The monoisotopic (exact) mass is 286 g/mol. The van der Waals surface area contributed by atoms with Gasteiger partial charge in [0, 0.05) is 13.5 Å². The molecule has 0 aliphatic rings. The number of rotatable bonds is 11. The van der Waals surface area contributed by atoms with Crippen molar-refractivity contribution in [3.63, 3.8) is 0 Å². The first-order valence-electron chi connectivity index (χ1n) is 8.01. The van der Waals surface area contributed by atoms with Gasteiger partial charge in [-0.25, -0.2) is 0 Å². The topological polar surface area (TPSA) is 57.5 Å². The molecule has 0 aliphatic carbocycles. The second-order valence-corrected chi connectivity index (χ2v) is 5.35. The van der Waals surface area contributed by atoms with E-state index < -0.39 is 5.97 Å². The van der Waals surface area contributed by atoms with Crippen molar-refractivity contribution >= 4 is 5.97 Å². The maximum absolute atomic E-state index is 9.00. The Morgan fingerprint density at radius 1 is 1.10 bits per heavy atom. The highest BCUT2D eigenvalue weighted by atomic mass is 16.4. The summed E-state index contributed by atoms with van der Waals surface area (Å²) in [5.41, 5.74) is 0. The van der Waals surface area contributed by atoms with Crippen molar-refractivity contribution in [2.24, 2.45) is 5.92 Å². The first-order chi connectivity index (χ1) is 9.54. The maximum atomic E-state index is 9.00. The minimum absolute atomic E-state index is 0.360. The molecule has 0 fully saturated rings. The van der Waals surface area contributed by atoms with Crippen molar-refractivity contribution < 1.29 is 15.0 Å². The molecule has 2 N–H and O–H groups in total. The van der Waals surface area contributed by atoms with Gasteiger partial charge in [0.2, 0.25) is 0 Å². The van der Waals surface area contributed by atoms with Crippen LogP contribution in [0.3, 0.4) is 0 Å². The van der Waals surface area contributed by atoms with Crippen LogP contribution in [0.15, 0.2) is 12.2 Å². The van der Waals surface area contributed by atoms with Crippen molar-refractivity contribution in [2.45, 2.75) is 78.6 Å². The highest BCUT2D eigenvalue weighted by Crippen LogP contribution is 2.13. The Bertz CT molecular complexity index is 220. The standard InChI is InChI=1S/C15H30O.C2H4O2/c1-3-4-9-12-15(2)13-10-7-5-6-8-11-14-16;1-2(3)4/h9,12,15-16H,3-8,10-11,13-14H2,1-2H3;1H3,(H,3,4). The van der Waals surface area contributed by atoms with Crippen LogP contribution in [0.1, 0.15) is 78.6 Å². The SMILES string of the molecule is CC(=O)O.CCCC=CC(C)CCCCCCCCO. The molecule has 0 aromatic rings. The lowest BCUT2D eigenvalue weighted by atomic mass is 10.0. The molecule has 0 saturated heterocycles. The number of unbranched alkanes of at least 4 members (excludes halogenated alkanes) is 6. The molecule has 120 valence electrons. The van der Waals surface area contributed by atoms with Gasteiger partial charge in [0.25, 0.3) is 5.97 Å². The molecule has 20 heavy (non-hydrogen) atoms. The second kappa shape index (κ2) is 18.2. The molecule has 1 atom stereocenters. The Kier molecular flexibility index (Phi) is 19.5. The summed E-state index contributed by atoms with van der Waals surface area (Å²) in [6.45, 7) is 5.98. The number of aliphatic hydroxyl groups excluding tert-OH is 1. The molecule has 0 heterocycles. The average molecular weight is 286 g/mol. The zero-order valence-corrected chi connectivity index (χ0v) is 13.6. The third kappa shape index (κ3) is 25.9. The van der Waals surface area contributed by atoms with Crippen LogP contribution >= 0.6 is 0 Å². The molecular weight excluding hydrogens is 252 g/mol. The Morgan fingerprint density at radius 2 is 1.60 bits per heavy atom. The van der Waals surface area contributed by atoms with E-state index in [9.17, 15) is 0 Å². The molecule has 3 heteroatoms. The first-order valence-corrected chi connectivity index (χ1v) is 8.01. The van der Waals surface area contributed by atoms with Gasteiger partial charge in [0.15, 0.2) is 0 Å². The highest BCUT2D eigenvalue weighted by molar-refractivity contribution is 5.62. The van der Waals surface area contributed by atoms with Crippen molar-refractivity contribution in [1.82, 2.24) is 0 Å². The van der Waals surface area contributed by atoms with Crippen LogP contribution in [-0.2, 0) is 4.79 Å². The summed E-state index contributed by atoms with van der Waals surface area (Å²) in [5.74, 6) is -0.0796. The summed E-state index contributed by atoms with van der Waals surface area (Å²) in [5, 5.41) is 16.1. The molecular formula is C17H34O3. The van der Waals surface area contributed by atoms with Gasteiger partial charge in [-0.2, -0.15) is 0 Å². The number of carbonyl (C=O) groups is 1. The van der Waals surface area contributed by atoms with Crippen LogP contribution in [-0.4, -0.2) is 22.8 Å². The van der Waals surface area contributed by atoms with E-state index in [4.69, 9.17) is 15.0 Å². The Labute approximate surface area is 125 Å². The van der Waals surface area contributed by atoms with Crippen LogP contribution in [0.2, 0.25) is 0 Å². The lowest BCUT2D eigenvalue weighted by Gasteiger charge is -2.05. The van der Waals surface area contributed by atoms with Crippen LogP contribution in [0.4, 0.5) is 0 Å². The minimum atomic E-state index is -0.833. The summed E-state index contributed by atoms with van der Waals surface area (Å²) >= 11 is 0. The first kappa shape index (κ1) is 21.5. The van der Waals surface area contributed by atoms with E-state index in [0.29, 0.717) is 6.61 Å². The fraction of sp³-hybridized carbons (Fsp3) is 0.824. The number of aliphatic hydroxyl groups is 1. The van der Waals surface area contributed by atoms with Gasteiger partial charge in [0.1, 0.15) is 0 Å². The van der Waals surface area contributed by atoms with E-state index >= 15 is 0 Å². The largest absolute Gasteiger partial charge is 0.481 e. The van der Waals surface area contributed by atoms with Gasteiger partial charge >= 0.3 is 0 Å². The molecule has 0 spiro atoms. The van der Waals surface area contributed by atoms with Crippen LogP contribution in [0.25, 0.3) is 0 Å². The summed E-state index contributed by atoms with van der Waals surface area (Å²) in [7, 11) is 0. The van der Waals surface area contributed by atoms with E-state index in [1.165, 1.54) is 51.4 Å². The van der Waals surface area contributed by atoms with E-state index in [1.54, 1.807) is 0 Å². The lowest BCUT2D eigenvalue weighted by Crippen LogP contribution is -1.90. The number of carboxylic acids is 1. The predicted molar refractivity (Wildman–Crippen MR) is 85.9 cm³/mol. The average Bonchev–Trinajstić information content (AvgIpc) is 2.37. The molecule has 0 saturated carbocycles. The van der Waals surface area contributed by atoms with E-state index in [2.05, 4.69) is 26.0 Å². The smallest absolute Gasteiger partial charge is 0.300 e. The maximum Gasteiger partial charge on any atom is 0.300 e. The molecule has 0 radical (unpaired) electrons. The Hall–Kier alpha value is -0.830. The summed E-state index contributed by atoms with van der Waals surface area (Å²) < 4.78 is 0. The van der Waals surface area contributed by atoms with Crippen molar-refractivity contribution in [3.8, 4) is 0 Å². The van der Waals surface area contributed by atoms with Gasteiger partial charge < -0.3 is 10.2 Å². The van der Waals surface area contributed by atoms with Gasteiger partial charge in [-0.05, 0) is 25.2 Å². The Morgan fingerprint density at radius 3 is 2.10 bits per heavy atom. The number of aliphatic carboxylic acids is 1. The molecule has 0 aromatic carbocycles. The van der Waals surface area contributed by atoms with Gasteiger partial charge in [-0.3, -0.25) is 4.79 Å². The normalized spacial score (nSPS) is 12.0. The molecule has 0 amide bonds. The molecule has 0 rings (SSSR count). The van der Waals surface area contributed by atoms with Gasteiger partial charge in [-0.1, -0.05) is 64.5 Å². The fourth-order valence-corrected chi connectivity index (χ4v) is 1.88. The van der Waals surface area contributed by atoms with Crippen molar-refractivity contribution in [3.05, 3.63) is 12.2 Å². The molecule has 0 aliphatic heterocycles. The van der Waals surface area contributed by atoms with Crippen molar-refractivity contribution in [2.75, 3.05) is 6.61 Å². The third-order valence-corrected chi connectivity index (χ3v) is 2.99. The quantitative estimate of drug-likeness (QED) is 0.424. The number of hydrogen-bond acceptors (Lipinski definition) is 2. The van der Waals surface area contributed by atoms with E-state index in [1.807, 2.05) is 0 Å². The predicted octanol–water partition coefficient (Wildman–Crippen LogP) is 4.79. The summed E-state index contributed by atoms with van der Waals surface area (Å²) in [4.78, 5) is 9.00.